The van der Waals surface area contributed by atoms with Crippen molar-refractivity contribution in [3.63, 3.8) is 0 Å². The second-order valence-electron chi connectivity index (χ2n) is 4.73. The molecule has 1 atom stereocenters. The van der Waals surface area contributed by atoms with Crippen molar-refractivity contribution in [2.24, 2.45) is 5.92 Å². The van der Waals surface area contributed by atoms with E-state index in [1.165, 1.54) is 19.3 Å². The van der Waals surface area contributed by atoms with Crippen LogP contribution in [-0.2, 0) is 0 Å². The Kier molecular flexibility index (Phi) is 4.74. The summed E-state index contributed by atoms with van der Waals surface area (Å²) in [7, 11) is 0. The van der Waals surface area contributed by atoms with Crippen LogP contribution in [0.5, 0.6) is 0 Å². The van der Waals surface area contributed by atoms with E-state index in [4.69, 9.17) is 0 Å². The highest BCUT2D eigenvalue weighted by Gasteiger charge is 2.22. The van der Waals surface area contributed by atoms with Crippen molar-refractivity contribution < 1.29 is 0 Å². The zero-order valence-electron chi connectivity index (χ0n) is 9.27. The van der Waals surface area contributed by atoms with E-state index >= 15 is 0 Å². The van der Waals surface area contributed by atoms with Crippen molar-refractivity contribution in [2.45, 2.75) is 52.1 Å². The number of nitrogens with one attached hydrogen (secondary N) is 2. The summed E-state index contributed by atoms with van der Waals surface area (Å²) >= 11 is 0. The maximum Gasteiger partial charge on any atom is 0.0166 e. The Labute approximate surface area is 82.5 Å². The van der Waals surface area contributed by atoms with Crippen molar-refractivity contribution in [3.8, 4) is 0 Å². The summed E-state index contributed by atoms with van der Waals surface area (Å²) in [6.45, 7) is 9.08. The SMILES string of the molecule is CC(C)CCNCC(C)NC1CC1. The van der Waals surface area contributed by atoms with Crippen LogP contribution in [0.3, 0.4) is 0 Å². The fourth-order valence-corrected chi connectivity index (χ4v) is 1.42. The summed E-state index contributed by atoms with van der Waals surface area (Å²) in [5, 5.41) is 7.07. The van der Waals surface area contributed by atoms with Gasteiger partial charge >= 0.3 is 0 Å². The molecular formula is C11H24N2. The van der Waals surface area contributed by atoms with Gasteiger partial charge in [0.25, 0.3) is 0 Å². The Morgan fingerprint density at radius 3 is 2.46 bits per heavy atom. The van der Waals surface area contributed by atoms with Crippen molar-refractivity contribution >= 4 is 0 Å². The Morgan fingerprint density at radius 1 is 1.23 bits per heavy atom. The zero-order valence-corrected chi connectivity index (χ0v) is 9.27. The fraction of sp³-hybridized carbons (Fsp3) is 1.00. The molecule has 0 bridgehead atoms. The van der Waals surface area contributed by atoms with Gasteiger partial charge in [-0.15, -0.1) is 0 Å². The van der Waals surface area contributed by atoms with Gasteiger partial charge in [0.2, 0.25) is 0 Å². The molecule has 0 aliphatic heterocycles. The average Bonchev–Trinajstić information content (AvgIpc) is 2.81. The third-order valence-corrected chi connectivity index (χ3v) is 2.45. The molecule has 0 amide bonds. The second kappa shape index (κ2) is 5.61. The van der Waals surface area contributed by atoms with Crippen LogP contribution in [0.1, 0.15) is 40.0 Å². The standard InChI is InChI=1S/C11H24N2/c1-9(2)6-7-12-8-10(3)13-11-4-5-11/h9-13H,4-8H2,1-3H3. The Bertz CT molecular complexity index is 130. The molecule has 78 valence electrons. The lowest BCUT2D eigenvalue weighted by Gasteiger charge is -2.14. The van der Waals surface area contributed by atoms with E-state index in [0.717, 1.165) is 25.0 Å². The van der Waals surface area contributed by atoms with E-state index in [1.54, 1.807) is 0 Å². The van der Waals surface area contributed by atoms with Gasteiger partial charge in [-0.1, -0.05) is 13.8 Å². The van der Waals surface area contributed by atoms with Gasteiger partial charge in [0.15, 0.2) is 0 Å². The Balaban J connectivity index is 1.85. The summed E-state index contributed by atoms with van der Waals surface area (Å²) in [5.41, 5.74) is 0. The molecule has 1 rings (SSSR count). The fourth-order valence-electron chi connectivity index (χ4n) is 1.42. The molecule has 2 nitrogen and oxygen atoms in total. The summed E-state index contributed by atoms with van der Waals surface area (Å²) in [5.74, 6) is 0.819. The lowest BCUT2D eigenvalue weighted by molar-refractivity contribution is 0.474. The highest BCUT2D eigenvalue weighted by molar-refractivity contribution is 4.83. The molecule has 1 aliphatic carbocycles. The van der Waals surface area contributed by atoms with Crippen LogP contribution in [0.15, 0.2) is 0 Å². The topological polar surface area (TPSA) is 24.1 Å². The van der Waals surface area contributed by atoms with Crippen LogP contribution >= 0.6 is 0 Å². The molecule has 0 spiro atoms. The molecule has 13 heavy (non-hydrogen) atoms. The first-order chi connectivity index (χ1) is 6.18. The van der Waals surface area contributed by atoms with Crippen LogP contribution in [0.25, 0.3) is 0 Å². The number of hydrogen-bond acceptors (Lipinski definition) is 2. The molecule has 0 aromatic rings. The summed E-state index contributed by atoms with van der Waals surface area (Å²) in [6.07, 6.45) is 4.06. The number of rotatable bonds is 7. The van der Waals surface area contributed by atoms with Crippen molar-refractivity contribution in [1.82, 2.24) is 10.6 Å². The number of hydrogen-bond donors (Lipinski definition) is 2. The predicted octanol–water partition coefficient (Wildman–Crippen LogP) is 1.76. The van der Waals surface area contributed by atoms with Crippen molar-refractivity contribution in [2.75, 3.05) is 13.1 Å². The van der Waals surface area contributed by atoms with Gasteiger partial charge in [0.05, 0.1) is 0 Å². The largest absolute Gasteiger partial charge is 0.315 e. The van der Waals surface area contributed by atoms with Crippen molar-refractivity contribution in [3.05, 3.63) is 0 Å². The van der Waals surface area contributed by atoms with Gasteiger partial charge in [-0.3, -0.25) is 0 Å². The van der Waals surface area contributed by atoms with Gasteiger partial charge in [-0.25, -0.2) is 0 Å². The molecule has 1 unspecified atom stereocenters. The van der Waals surface area contributed by atoms with Gasteiger partial charge in [0, 0.05) is 18.6 Å². The second-order valence-corrected chi connectivity index (χ2v) is 4.73. The van der Waals surface area contributed by atoms with E-state index in [-0.39, 0.29) is 0 Å². The summed E-state index contributed by atoms with van der Waals surface area (Å²) < 4.78 is 0. The Morgan fingerprint density at radius 2 is 1.92 bits per heavy atom. The zero-order chi connectivity index (χ0) is 9.68. The first-order valence-electron chi connectivity index (χ1n) is 5.65. The highest BCUT2D eigenvalue weighted by Crippen LogP contribution is 2.18. The first kappa shape index (κ1) is 11.0. The monoisotopic (exact) mass is 184 g/mol. The molecule has 2 N–H and O–H groups in total. The lowest BCUT2D eigenvalue weighted by atomic mass is 10.1. The maximum atomic E-state index is 3.58. The summed E-state index contributed by atoms with van der Waals surface area (Å²) in [6, 6.07) is 1.47. The van der Waals surface area contributed by atoms with E-state index in [9.17, 15) is 0 Å². The molecule has 1 fully saturated rings. The molecule has 0 aromatic heterocycles. The molecule has 2 heteroatoms. The van der Waals surface area contributed by atoms with Gasteiger partial charge in [-0.2, -0.15) is 0 Å². The normalized spacial score (nSPS) is 19.4. The van der Waals surface area contributed by atoms with E-state index in [2.05, 4.69) is 31.4 Å². The molecule has 1 saturated carbocycles. The summed E-state index contributed by atoms with van der Waals surface area (Å²) in [4.78, 5) is 0. The van der Waals surface area contributed by atoms with Crippen LogP contribution in [0.2, 0.25) is 0 Å². The molecule has 0 radical (unpaired) electrons. The maximum absolute atomic E-state index is 3.58. The Hall–Kier alpha value is -0.0800. The van der Waals surface area contributed by atoms with Gasteiger partial charge in [-0.05, 0) is 38.6 Å². The smallest absolute Gasteiger partial charge is 0.0166 e. The van der Waals surface area contributed by atoms with Crippen molar-refractivity contribution in [1.29, 1.82) is 0 Å². The first-order valence-corrected chi connectivity index (χ1v) is 5.65. The molecule has 0 heterocycles. The van der Waals surface area contributed by atoms with Gasteiger partial charge in [0.1, 0.15) is 0 Å². The third kappa shape index (κ3) is 6.05. The van der Waals surface area contributed by atoms with E-state index in [0.29, 0.717) is 6.04 Å². The molecular weight excluding hydrogens is 160 g/mol. The van der Waals surface area contributed by atoms with E-state index < -0.39 is 0 Å². The molecule has 1 aliphatic rings. The minimum atomic E-state index is 0.639. The highest BCUT2D eigenvalue weighted by atomic mass is 15.0. The molecule has 0 aromatic carbocycles. The minimum Gasteiger partial charge on any atom is -0.315 e. The van der Waals surface area contributed by atoms with Gasteiger partial charge < -0.3 is 10.6 Å². The average molecular weight is 184 g/mol. The molecule has 0 saturated heterocycles. The lowest BCUT2D eigenvalue weighted by Crippen LogP contribution is -2.37. The van der Waals surface area contributed by atoms with Crippen LogP contribution in [0.4, 0.5) is 0 Å². The predicted molar refractivity (Wildman–Crippen MR) is 57.9 cm³/mol. The quantitative estimate of drug-likeness (QED) is 0.589. The van der Waals surface area contributed by atoms with E-state index in [1.807, 2.05) is 0 Å². The third-order valence-electron chi connectivity index (χ3n) is 2.45. The minimum absolute atomic E-state index is 0.639. The van der Waals surface area contributed by atoms with Crippen LogP contribution in [0, 0.1) is 5.92 Å². The van der Waals surface area contributed by atoms with Crippen LogP contribution in [-0.4, -0.2) is 25.2 Å². The van der Waals surface area contributed by atoms with Crippen LogP contribution < -0.4 is 10.6 Å².